The summed E-state index contributed by atoms with van der Waals surface area (Å²) in [6.07, 6.45) is 0.670. The molecule has 21 heavy (non-hydrogen) atoms. The lowest BCUT2D eigenvalue weighted by atomic mass is 10.1. The van der Waals surface area contributed by atoms with Crippen molar-refractivity contribution in [1.29, 1.82) is 5.26 Å². The predicted octanol–water partition coefficient (Wildman–Crippen LogP) is 2.40. The summed E-state index contributed by atoms with van der Waals surface area (Å²) in [6.45, 7) is 4.94. The van der Waals surface area contributed by atoms with Gasteiger partial charge in [0.05, 0.1) is 0 Å². The van der Waals surface area contributed by atoms with E-state index in [-0.39, 0.29) is 6.42 Å². The first kappa shape index (κ1) is 16.5. The van der Waals surface area contributed by atoms with Crippen LogP contribution in [0.1, 0.15) is 26.3 Å². The monoisotopic (exact) mass is 290 g/mol. The van der Waals surface area contributed by atoms with E-state index in [0.717, 1.165) is 0 Å². The molecule has 1 amide bonds. The number of carbonyl (C=O) groups excluding carboxylic acids is 1. The Kier molecular flexibility index (Phi) is 5.30. The van der Waals surface area contributed by atoms with E-state index in [1.807, 2.05) is 0 Å². The number of aliphatic carboxylic acids is 1. The molecule has 0 saturated heterocycles. The van der Waals surface area contributed by atoms with Gasteiger partial charge >= 0.3 is 12.1 Å². The van der Waals surface area contributed by atoms with Gasteiger partial charge in [-0.25, -0.2) is 9.59 Å². The van der Waals surface area contributed by atoms with E-state index in [2.05, 4.69) is 0 Å². The van der Waals surface area contributed by atoms with Crippen molar-refractivity contribution in [3.05, 3.63) is 35.9 Å². The molecule has 0 aliphatic rings. The Balaban J connectivity index is 2.94. The van der Waals surface area contributed by atoms with Gasteiger partial charge in [-0.15, -0.1) is 0 Å². The summed E-state index contributed by atoms with van der Waals surface area (Å²) in [4.78, 5) is 23.9. The van der Waals surface area contributed by atoms with Crippen molar-refractivity contribution in [2.75, 3.05) is 0 Å². The molecular weight excluding hydrogens is 272 g/mol. The highest BCUT2D eigenvalue weighted by Gasteiger charge is 2.33. The van der Waals surface area contributed by atoms with E-state index in [0.29, 0.717) is 10.5 Å². The molecule has 0 fully saturated rings. The molecule has 0 heterocycles. The van der Waals surface area contributed by atoms with Gasteiger partial charge in [0.15, 0.2) is 12.2 Å². The fourth-order valence-corrected chi connectivity index (χ4v) is 1.68. The third-order valence-electron chi connectivity index (χ3n) is 2.57. The minimum atomic E-state index is -1.30. The zero-order valence-corrected chi connectivity index (χ0v) is 12.2. The molecule has 1 N–H and O–H groups in total. The number of hydrogen-bond acceptors (Lipinski definition) is 4. The van der Waals surface area contributed by atoms with Crippen LogP contribution < -0.4 is 0 Å². The average molecular weight is 290 g/mol. The van der Waals surface area contributed by atoms with E-state index >= 15 is 0 Å². The zero-order chi connectivity index (χ0) is 16.0. The third-order valence-corrected chi connectivity index (χ3v) is 2.57. The fourth-order valence-electron chi connectivity index (χ4n) is 1.68. The van der Waals surface area contributed by atoms with Crippen LogP contribution in [0.5, 0.6) is 0 Å². The van der Waals surface area contributed by atoms with Crippen LogP contribution in [-0.4, -0.2) is 33.7 Å². The summed E-state index contributed by atoms with van der Waals surface area (Å²) in [6, 6.07) is 7.50. The number of nitriles is 1. The first-order chi connectivity index (χ1) is 9.74. The Hall–Kier alpha value is -2.55. The summed E-state index contributed by atoms with van der Waals surface area (Å²) < 4.78 is 5.06. The highest BCUT2D eigenvalue weighted by atomic mass is 16.6. The molecule has 6 nitrogen and oxygen atoms in total. The van der Waals surface area contributed by atoms with Gasteiger partial charge in [0, 0.05) is 6.42 Å². The first-order valence-electron chi connectivity index (χ1n) is 6.43. The van der Waals surface area contributed by atoms with Crippen LogP contribution in [0.2, 0.25) is 0 Å². The molecule has 1 rings (SSSR count). The van der Waals surface area contributed by atoms with Gasteiger partial charge in [0.1, 0.15) is 5.60 Å². The minimum Gasteiger partial charge on any atom is -0.480 e. The number of benzene rings is 1. The second-order valence-corrected chi connectivity index (χ2v) is 5.49. The van der Waals surface area contributed by atoms with Gasteiger partial charge in [-0.3, -0.25) is 0 Å². The van der Waals surface area contributed by atoms with Gasteiger partial charge in [0.25, 0.3) is 0 Å². The van der Waals surface area contributed by atoms with Gasteiger partial charge in [-0.2, -0.15) is 10.2 Å². The number of carboxylic acids is 1. The van der Waals surface area contributed by atoms with E-state index in [4.69, 9.17) is 10.00 Å². The topological polar surface area (TPSA) is 90.6 Å². The van der Waals surface area contributed by atoms with Crippen LogP contribution in [0, 0.1) is 11.5 Å². The Bertz CT molecular complexity index is 543. The van der Waals surface area contributed by atoms with Crippen LogP contribution in [-0.2, 0) is 16.0 Å². The van der Waals surface area contributed by atoms with Crippen molar-refractivity contribution in [1.82, 2.24) is 4.90 Å². The van der Waals surface area contributed by atoms with Crippen molar-refractivity contribution in [2.45, 2.75) is 38.8 Å². The second-order valence-electron chi connectivity index (χ2n) is 5.49. The van der Waals surface area contributed by atoms with Gasteiger partial charge in [-0.1, -0.05) is 30.3 Å². The lowest BCUT2D eigenvalue weighted by Crippen LogP contribution is -2.45. The van der Waals surface area contributed by atoms with E-state index < -0.39 is 23.7 Å². The molecule has 0 bridgehead atoms. The number of amides is 1. The maximum atomic E-state index is 11.9. The summed E-state index contributed by atoms with van der Waals surface area (Å²) in [5, 5.41) is 18.4. The van der Waals surface area contributed by atoms with Crippen LogP contribution in [0.15, 0.2) is 30.3 Å². The molecule has 1 aromatic rings. The SMILES string of the molecule is CC(C)(C)OC(=O)N(C#N)[C@@H](Cc1ccccc1)C(=O)O. The third kappa shape index (κ3) is 5.15. The van der Waals surface area contributed by atoms with E-state index in [1.54, 1.807) is 57.3 Å². The zero-order valence-electron chi connectivity index (χ0n) is 12.2. The van der Waals surface area contributed by atoms with Crippen LogP contribution in [0.3, 0.4) is 0 Å². The van der Waals surface area contributed by atoms with Gasteiger partial charge in [0.2, 0.25) is 0 Å². The lowest BCUT2D eigenvalue weighted by Gasteiger charge is -2.26. The average Bonchev–Trinajstić information content (AvgIpc) is 2.37. The van der Waals surface area contributed by atoms with E-state index in [1.165, 1.54) is 0 Å². The molecule has 0 aliphatic carbocycles. The first-order valence-corrected chi connectivity index (χ1v) is 6.43. The summed E-state index contributed by atoms with van der Waals surface area (Å²) in [7, 11) is 0. The fraction of sp³-hybridized carbons (Fsp3) is 0.400. The number of ether oxygens (including phenoxy) is 1. The van der Waals surface area contributed by atoms with Crippen molar-refractivity contribution in [2.24, 2.45) is 0 Å². The molecule has 112 valence electrons. The van der Waals surface area contributed by atoms with Crippen molar-refractivity contribution >= 4 is 12.1 Å². The number of carbonyl (C=O) groups is 2. The van der Waals surface area contributed by atoms with Gasteiger partial charge < -0.3 is 9.84 Å². The lowest BCUT2D eigenvalue weighted by molar-refractivity contribution is -0.142. The molecule has 0 spiro atoms. The maximum Gasteiger partial charge on any atom is 0.424 e. The molecule has 1 atom stereocenters. The predicted molar refractivity (Wildman–Crippen MR) is 75.3 cm³/mol. The summed E-state index contributed by atoms with van der Waals surface area (Å²) in [5.74, 6) is -1.26. The second kappa shape index (κ2) is 6.75. The number of rotatable bonds is 4. The van der Waals surface area contributed by atoms with Gasteiger partial charge in [-0.05, 0) is 26.3 Å². The maximum absolute atomic E-state index is 11.9. The van der Waals surface area contributed by atoms with E-state index in [9.17, 15) is 14.7 Å². The Morgan fingerprint density at radius 1 is 1.33 bits per heavy atom. The largest absolute Gasteiger partial charge is 0.480 e. The minimum absolute atomic E-state index is 0.0307. The van der Waals surface area contributed by atoms with Crippen molar-refractivity contribution in [3.8, 4) is 6.19 Å². The molecule has 6 heteroatoms. The van der Waals surface area contributed by atoms with Crippen LogP contribution in [0.4, 0.5) is 4.79 Å². The normalized spacial score (nSPS) is 12.1. The molecular formula is C15H18N2O4. The van der Waals surface area contributed by atoms with Crippen LogP contribution >= 0.6 is 0 Å². The molecule has 0 radical (unpaired) electrons. The molecule has 0 saturated carbocycles. The van der Waals surface area contributed by atoms with Crippen LogP contribution in [0.25, 0.3) is 0 Å². The molecule has 1 aromatic carbocycles. The molecule has 0 aromatic heterocycles. The van der Waals surface area contributed by atoms with Crippen molar-refractivity contribution < 1.29 is 19.4 Å². The quantitative estimate of drug-likeness (QED) is 0.679. The summed E-state index contributed by atoms with van der Waals surface area (Å²) in [5.41, 5.74) is -0.0872. The number of carboxylic acid groups (broad SMARTS) is 1. The standard InChI is InChI=1S/C15H18N2O4/c1-15(2,3)21-14(20)17(10-16)12(13(18)19)9-11-7-5-4-6-8-11/h4-8,12H,9H2,1-3H3,(H,18,19)/t12-/m0/s1. The Labute approximate surface area is 123 Å². The number of hydrogen-bond donors (Lipinski definition) is 1. The smallest absolute Gasteiger partial charge is 0.424 e. The molecule has 0 aliphatic heterocycles. The molecule has 0 unspecified atom stereocenters. The highest BCUT2D eigenvalue weighted by Crippen LogP contribution is 2.14. The van der Waals surface area contributed by atoms with Crippen molar-refractivity contribution in [3.63, 3.8) is 0 Å². The Morgan fingerprint density at radius 2 is 1.90 bits per heavy atom. The highest BCUT2D eigenvalue weighted by molar-refractivity contribution is 5.81. The Morgan fingerprint density at radius 3 is 2.33 bits per heavy atom. The summed E-state index contributed by atoms with van der Waals surface area (Å²) >= 11 is 0. The number of nitrogens with zero attached hydrogens (tertiary/aromatic N) is 2.